The van der Waals surface area contributed by atoms with Gasteiger partial charge in [-0.1, -0.05) is 152 Å². The molecule has 0 amide bonds. The summed E-state index contributed by atoms with van der Waals surface area (Å²) in [5.41, 5.74) is 14.3. The summed E-state index contributed by atoms with van der Waals surface area (Å²) >= 11 is 3.73. The second-order valence-electron chi connectivity index (χ2n) is 16.9. The molecule has 0 fully saturated rings. The molecular formula is C61H35NOS2. The van der Waals surface area contributed by atoms with Crippen molar-refractivity contribution in [1.29, 1.82) is 0 Å². The zero-order chi connectivity index (χ0) is 42.6. The Bertz CT molecular complexity index is 4100. The summed E-state index contributed by atoms with van der Waals surface area (Å²) in [6.07, 6.45) is 0. The van der Waals surface area contributed by atoms with Gasteiger partial charge in [-0.3, -0.25) is 0 Å². The molecule has 0 aliphatic rings. The summed E-state index contributed by atoms with van der Waals surface area (Å²) in [6, 6.07) is 77.3. The average Bonchev–Trinajstić information content (AvgIpc) is 4.07. The van der Waals surface area contributed by atoms with Gasteiger partial charge in [-0.25, -0.2) is 4.98 Å². The van der Waals surface area contributed by atoms with Gasteiger partial charge in [0.2, 0.25) is 0 Å². The van der Waals surface area contributed by atoms with Crippen molar-refractivity contribution in [1.82, 2.24) is 4.98 Å². The fraction of sp³-hybridized carbons (Fsp3) is 0. The number of hydrogen-bond donors (Lipinski definition) is 0. The number of pyridine rings is 1. The van der Waals surface area contributed by atoms with Crippen LogP contribution >= 0.6 is 22.7 Å². The van der Waals surface area contributed by atoms with E-state index in [2.05, 4.69) is 206 Å². The van der Waals surface area contributed by atoms with E-state index in [9.17, 15) is 0 Å². The van der Waals surface area contributed by atoms with E-state index >= 15 is 0 Å². The van der Waals surface area contributed by atoms with Crippen LogP contribution in [0.3, 0.4) is 0 Å². The minimum absolute atomic E-state index is 0.860. The number of para-hydroxylation sites is 2. The molecule has 4 aromatic heterocycles. The van der Waals surface area contributed by atoms with Gasteiger partial charge in [0.25, 0.3) is 0 Å². The minimum atomic E-state index is 0.860. The van der Waals surface area contributed by atoms with E-state index in [1.165, 1.54) is 79.1 Å². The first kappa shape index (κ1) is 36.6. The van der Waals surface area contributed by atoms with Gasteiger partial charge in [0.05, 0.1) is 11.2 Å². The Balaban J connectivity index is 0.997. The van der Waals surface area contributed by atoms with Crippen LogP contribution < -0.4 is 0 Å². The largest absolute Gasteiger partial charge is 0.456 e. The molecule has 14 aromatic rings. The lowest BCUT2D eigenvalue weighted by molar-refractivity contribution is 0.669. The Morgan fingerprint density at radius 3 is 1.52 bits per heavy atom. The SMILES string of the molecule is c1ccc(-c2c3c(cc4c(-c5ccc(-c6cc(-c7cccc8sc9ccccc9c78)cc(-c7cccc8sc9ccccc9c78)c6)cc5)nc5ccccc5c24)oc2ccccc23)cc1. The van der Waals surface area contributed by atoms with Crippen LogP contribution in [0.15, 0.2) is 217 Å². The molecule has 0 radical (unpaired) electrons. The molecule has 0 spiro atoms. The quantitative estimate of drug-likeness (QED) is 0.161. The van der Waals surface area contributed by atoms with Crippen LogP contribution in [0.25, 0.3) is 140 Å². The highest BCUT2D eigenvalue weighted by Crippen LogP contribution is 2.48. The van der Waals surface area contributed by atoms with Crippen molar-refractivity contribution < 1.29 is 4.42 Å². The van der Waals surface area contributed by atoms with Crippen molar-refractivity contribution in [2.75, 3.05) is 0 Å². The summed E-state index contributed by atoms with van der Waals surface area (Å²) in [5, 5.41) is 10.8. The third-order valence-electron chi connectivity index (χ3n) is 13.2. The highest BCUT2D eigenvalue weighted by molar-refractivity contribution is 7.26. The van der Waals surface area contributed by atoms with Gasteiger partial charge in [-0.2, -0.15) is 0 Å². The molecule has 0 saturated carbocycles. The lowest BCUT2D eigenvalue weighted by Crippen LogP contribution is -1.93. The van der Waals surface area contributed by atoms with E-state index in [0.717, 1.165) is 60.6 Å². The summed E-state index contributed by atoms with van der Waals surface area (Å²) in [6.45, 7) is 0. The maximum atomic E-state index is 6.66. The number of thiophene rings is 2. The van der Waals surface area contributed by atoms with Gasteiger partial charge >= 0.3 is 0 Å². The molecule has 0 N–H and O–H groups in total. The maximum Gasteiger partial charge on any atom is 0.136 e. The molecule has 0 aliphatic carbocycles. The number of rotatable bonds is 5. The van der Waals surface area contributed by atoms with Crippen molar-refractivity contribution in [3.63, 3.8) is 0 Å². The summed E-state index contributed by atoms with van der Waals surface area (Å²) < 4.78 is 11.9. The van der Waals surface area contributed by atoms with Crippen LogP contribution in [0.4, 0.5) is 0 Å². The summed E-state index contributed by atoms with van der Waals surface area (Å²) in [5.74, 6) is 0. The van der Waals surface area contributed by atoms with Crippen molar-refractivity contribution in [2.24, 2.45) is 0 Å². The molecule has 0 aliphatic heterocycles. The maximum absolute atomic E-state index is 6.66. The van der Waals surface area contributed by atoms with Gasteiger partial charge in [0.15, 0.2) is 0 Å². The summed E-state index contributed by atoms with van der Waals surface area (Å²) in [7, 11) is 0. The number of hydrogen-bond acceptors (Lipinski definition) is 4. The van der Waals surface area contributed by atoms with Crippen LogP contribution in [0.2, 0.25) is 0 Å². The number of fused-ring (bicyclic) bond motifs is 12. The van der Waals surface area contributed by atoms with Crippen LogP contribution in [-0.4, -0.2) is 4.98 Å². The molecule has 65 heavy (non-hydrogen) atoms. The Morgan fingerprint density at radius 2 is 0.846 bits per heavy atom. The molecule has 10 aromatic carbocycles. The molecule has 14 rings (SSSR count). The van der Waals surface area contributed by atoms with Crippen LogP contribution in [0.1, 0.15) is 0 Å². The first-order valence-corrected chi connectivity index (χ1v) is 23.6. The average molecular weight is 862 g/mol. The predicted octanol–water partition coefficient (Wildman–Crippen LogP) is 18.4. The Morgan fingerprint density at radius 1 is 0.308 bits per heavy atom. The fourth-order valence-corrected chi connectivity index (χ4v) is 12.7. The Labute approximate surface area is 381 Å². The number of furan rings is 1. The third kappa shape index (κ3) is 5.68. The lowest BCUT2D eigenvalue weighted by atomic mass is 9.89. The molecule has 0 saturated heterocycles. The molecular weight excluding hydrogens is 827 g/mol. The molecule has 2 nitrogen and oxygen atoms in total. The second-order valence-corrected chi connectivity index (χ2v) is 19.1. The van der Waals surface area contributed by atoms with E-state index in [-0.39, 0.29) is 0 Å². The topological polar surface area (TPSA) is 26.0 Å². The smallest absolute Gasteiger partial charge is 0.136 e. The van der Waals surface area contributed by atoms with Gasteiger partial charge in [0, 0.05) is 78.4 Å². The highest BCUT2D eigenvalue weighted by Gasteiger charge is 2.22. The van der Waals surface area contributed by atoms with Crippen molar-refractivity contribution >= 4 is 107 Å². The van der Waals surface area contributed by atoms with E-state index in [0.29, 0.717) is 0 Å². The molecule has 4 heteroatoms. The van der Waals surface area contributed by atoms with Gasteiger partial charge in [-0.15, -0.1) is 22.7 Å². The molecule has 0 atom stereocenters. The highest BCUT2D eigenvalue weighted by atomic mass is 32.1. The monoisotopic (exact) mass is 861 g/mol. The van der Waals surface area contributed by atoms with Gasteiger partial charge < -0.3 is 4.42 Å². The fourth-order valence-electron chi connectivity index (χ4n) is 10.4. The number of aromatic nitrogens is 1. The van der Waals surface area contributed by atoms with E-state index in [1.807, 2.05) is 28.7 Å². The second kappa shape index (κ2) is 14.3. The first-order chi connectivity index (χ1) is 32.2. The van der Waals surface area contributed by atoms with Crippen molar-refractivity contribution in [3.05, 3.63) is 212 Å². The lowest BCUT2D eigenvalue weighted by Gasteiger charge is -2.16. The number of nitrogens with zero attached hydrogens (tertiary/aromatic N) is 1. The summed E-state index contributed by atoms with van der Waals surface area (Å²) in [4.78, 5) is 5.44. The van der Waals surface area contributed by atoms with Crippen molar-refractivity contribution in [3.8, 4) is 55.8 Å². The Kier molecular flexibility index (Phi) is 8.06. The zero-order valence-electron chi connectivity index (χ0n) is 34.9. The normalized spacial score (nSPS) is 12.0. The molecule has 0 unspecified atom stereocenters. The standard InChI is InChI=1S/C61H35NOS2/c1-2-14-37(15-3-1)56-59-44-16-4-8-22-49(44)62-61(48(59)35-51-60(56)45-17-5-9-23-50(45)63-51)38-30-28-36(29-31-38)39-32-40(42-20-12-26-54-57(42)46-18-6-10-24-52(46)64-54)34-41(33-39)43-21-13-27-55-58(43)47-19-7-11-25-53(47)65-55/h1-35H. The van der Waals surface area contributed by atoms with Crippen LogP contribution in [0.5, 0.6) is 0 Å². The third-order valence-corrected chi connectivity index (χ3v) is 15.5. The predicted molar refractivity (Wildman–Crippen MR) is 279 cm³/mol. The van der Waals surface area contributed by atoms with Gasteiger partial charge in [0.1, 0.15) is 11.2 Å². The molecule has 4 heterocycles. The number of benzene rings is 10. The van der Waals surface area contributed by atoms with Crippen LogP contribution in [0, 0.1) is 0 Å². The van der Waals surface area contributed by atoms with E-state index < -0.39 is 0 Å². The van der Waals surface area contributed by atoms with Gasteiger partial charge in [-0.05, 0) is 99.6 Å². The van der Waals surface area contributed by atoms with Crippen LogP contribution in [-0.2, 0) is 0 Å². The zero-order valence-corrected chi connectivity index (χ0v) is 36.5. The Hall–Kier alpha value is -7.89. The molecule has 0 bridgehead atoms. The minimum Gasteiger partial charge on any atom is -0.456 e. The molecule has 302 valence electrons. The van der Waals surface area contributed by atoms with Crippen molar-refractivity contribution in [2.45, 2.75) is 0 Å². The van der Waals surface area contributed by atoms with E-state index in [4.69, 9.17) is 9.40 Å². The van der Waals surface area contributed by atoms with E-state index in [1.54, 1.807) is 0 Å². The first-order valence-electron chi connectivity index (χ1n) is 22.0.